The first kappa shape index (κ1) is 17.5. The van der Waals surface area contributed by atoms with Crippen LogP contribution in [0, 0.1) is 5.92 Å². The molecular formula is C19H23NO5. The fraction of sp³-hybridized carbons (Fsp3) is 0.526. The number of fused-ring (bicyclic) bond motifs is 1. The lowest BCUT2D eigenvalue weighted by Crippen LogP contribution is -2.42. The summed E-state index contributed by atoms with van der Waals surface area (Å²) in [6, 6.07) is 5.40. The number of ketones is 1. The van der Waals surface area contributed by atoms with Crippen molar-refractivity contribution in [1.82, 2.24) is 4.90 Å². The standard InChI is InChI=1S/C19H23NO5/c1-24-19(23)13-7-9-20(10-8-13)18(22)12-25-15-5-6-16-14(11-15)3-2-4-17(16)21/h5-6,11,13H,2-4,7-10,12H2,1H3. The largest absolute Gasteiger partial charge is 0.484 e. The molecule has 3 rings (SSSR count). The highest BCUT2D eigenvalue weighted by Gasteiger charge is 2.28. The monoisotopic (exact) mass is 345 g/mol. The second-order valence-corrected chi connectivity index (χ2v) is 6.56. The molecule has 1 aliphatic heterocycles. The molecule has 0 atom stereocenters. The molecule has 1 amide bonds. The first-order valence-corrected chi connectivity index (χ1v) is 8.73. The third kappa shape index (κ3) is 4.00. The Hall–Kier alpha value is -2.37. The van der Waals surface area contributed by atoms with Crippen LogP contribution in [-0.2, 0) is 20.7 Å². The predicted octanol–water partition coefficient (Wildman–Crippen LogP) is 2.00. The summed E-state index contributed by atoms with van der Waals surface area (Å²) in [7, 11) is 1.39. The van der Waals surface area contributed by atoms with E-state index in [9.17, 15) is 14.4 Å². The lowest BCUT2D eigenvalue weighted by molar-refractivity contribution is -0.149. The number of esters is 1. The molecule has 0 unspecified atom stereocenters. The number of carbonyl (C=O) groups excluding carboxylic acids is 3. The highest BCUT2D eigenvalue weighted by Crippen LogP contribution is 2.25. The van der Waals surface area contributed by atoms with Gasteiger partial charge in [-0.3, -0.25) is 14.4 Å². The van der Waals surface area contributed by atoms with E-state index in [4.69, 9.17) is 9.47 Å². The number of Topliss-reactive ketones (excluding diaryl/α,β-unsaturated/α-hetero) is 1. The summed E-state index contributed by atoms with van der Waals surface area (Å²) >= 11 is 0. The number of carbonyl (C=O) groups is 3. The number of nitrogens with zero attached hydrogens (tertiary/aromatic N) is 1. The SMILES string of the molecule is COC(=O)C1CCN(C(=O)COc2ccc3c(c2)CCCC3=O)CC1. The predicted molar refractivity (Wildman–Crippen MR) is 90.5 cm³/mol. The van der Waals surface area contributed by atoms with Crippen LogP contribution in [0.5, 0.6) is 5.75 Å². The molecule has 0 spiro atoms. The molecule has 134 valence electrons. The fourth-order valence-corrected chi connectivity index (χ4v) is 3.48. The normalized spacial score (nSPS) is 17.8. The number of hydrogen-bond donors (Lipinski definition) is 0. The number of methoxy groups -OCH3 is 1. The van der Waals surface area contributed by atoms with Crippen LogP contribution in [0.1, 0.15) is 41.6 Å². The Morgan fingerprint density at radius 2 is 1.96 bits per heavy atom. The molecule has 1 saturated heterocycles. The summed E-state index contributed by atoms with van der Waals surface area (Å²) < 4.78 is 10.4. The molecule has 1 heterocycles. The zero-order valence-corrected chi connectivity index (χ0v) is 14.5. The average Bonchev–Trinajstić information content (AvgIpc) is 2.65. The van der Waals surface area contributed by atoms with Gasteiger partial charge in [0.25, 0.3) is 5.91 Å². The van der Waals surface area contributed by atoms with E-state index in [1.54, 1.807) is 17.0 Å². The highest BCUT2D eigenvalue weighted by molar-refractivity contribution is 5.98. The molecular weight excluding hydrogens is 322 g/mol. The number of piperidine rings is 1. The van der Waals surface area contributed by atoms with Crippen LogP contribution >= 0.6 is 0 Å². The van der Waals surface area contributed by atoms with Crippen LogP contribution in [0.4, 0.5) is 0 Å². The Bertz CT molecular complexity index is 676. The molecule has 0 saturated carbocycles. The smallest absolute Gasteiger partial charge is 0.308 e. The van der Waals surface area contributed by atoms with E-state index in [1.165, 1.54) is 7.11 Å². The molecule has 1 aromatic rings. The van der Waals surface area contributed by atoms with E-state index in [0.717, 1.165) is 24.0 Å². The second kappa shape index (κ2) is 7.68. The molecule has 1 aliphatic carbocycles. The van der Waals surface area contributed by atoms with E-state index < -0.39 is 0 Å². The zero-order valence-electron chi connectivity index (χ0n) is 14.5. The molecule has 0 aromatic heterocycles. The van der Waals surface area contributed by atoms with Gasteiger partial charge in [-0.05, 0) is 49.4 Å². The van der Waals surface area contributed by atoms with Gasteiger partial charge in [0.05, 0.1) is 13.0 Å². The van der Waals surface area contributed by atoms with Crippen LogP contribution in [0.25, 0.3) is 0 Å². The van der Waals surface area contributed by atoms with Crippen molar-refractivity contribution in [1.29, 1.82) is 0 Å². The van der Waals surface area contributed by atoms with Gasteiger partial charge in [-0.15, -0.1) is 0 Å². The van der Waals surface area contributed by atoms with Gasteiger partial charge >= 0.3 is 5.97 Å². The van der Waals surface area contributed by atoms with Crippen molar-refractivity contribution in [3.8, 4) is 5.75 Å². The summed E-state index contributed by atoms with van der Waals surface area (Å²) in [5.41, 5.74) is 1.77. The minimum Gasteiger partial charge on any atom is -0.484 e. The molecule has 1 aromatic carbocycles. The lowest BCUT2D eigenvalue weighted by atomic mass is 9.90. The van der Waals surface area contributed by atoms with Crippen molar-refractivity contribution in [2.45, 2.75) is 32.1 Å². The molecule has 6 nitrogen and oxygen atoms in total. The van der Waals surface area contributed by atoms with Crippen molar-refractivity contribution in [2.24, 2.45) is 5.92 Å². The third-order valence-electron chi connectivity index (χ3n) is 4.97. The second-order valence-electron chi connectivity index (χ2n) is 6.56. The van der Waals surface area contributed by atoms with Crippen LogP contribution in [-0.4, -0.2) is 49.4 Å². The maximum Gasteiger partial charge on any atom is 0.308 e. The lowest BCUT2D eigenvalue weighted by Gasteiger charge is -2.30. The summed E-state index contributed by atoms with van der Waals surface area (Å²) in [6.45, 7) is 1.05. The van der Waals surface area contributed by atoms with Crippen molar-refractivity contribution < 1.29 is 23.9 Å². The maximum atomic E-state index is 12.3. The Balaban J connectivity index is 1.51. The minimum absolute atomic E-state index is 0.0321. The van der Waals surface area contributed by atoms with Gasteiger partial charge in [0.15, 0.2) is 12.4 Å². The first-order chi connectivity index (χ1) is 12.1. The van der Waals surface area contributed by atoms with E-state index in [2.05, 4.69) is 0 Å². The Kier molecular flexibility index (Phi) is 5.36. The topological polar surface area (TPSA) is 72.9 Å². The Labute approximate surface area is 147 Å². The van der Waals surface area contributed by atoms with Gasteiger partial charge in [0.2, 0.25) is 0 Å². The Morgan fingerprint density at radius 1 is 1.20 bits per heavy atom. The number of ether oxygens (including phenoxy) is 2. The van der Waals surface area contributed by atoms with E-state index >= 15 is 0 Å². The number of aryl methyl sites for hydroxylation is 1. The number of rotatable bonds is 4. The summed E-state index contributed by atoms with van der Waals surface area (Å²) in [4.78, 5) is 37.4. The molecule has 0 N–H and O–H groups in total. The fourth-order valence-electron chi connectivity index (χ4n) is 3.48. The van der Waals surface area contributed by atoms with Gasteiger partial charge in [-0.1, -0.05) is 0 Å². The van der Waals surface area contributed by atoms with E-state index in [0.29, 0.717) is 38.1 Å². The zero-order chi connectivity index (χ0) is 17.8. The van der Waals surface area contributed by atoms with Gasteiger partial charge in [0.1, 0.15) is 5.75 Å². The van der Waals surface area contributed by atoms with Crippen LogP contribution in [0.3, 0.4) is 0 Å². The summed E-state index contributed by atoms with van der Waals surface area (Å²) in [5.74, 6) is 0.390. The Morgan fingerprint density at radius 3 is 2.68 bits per heavy atom. The summed E-state index contributed by atoms with van der Waals surface area (Å²) in [6.07, 6.45) is 3.59. The van der Waals surface area contributed by atoms with Crippen molar-refractivity contribution in [3.05, 3.63) is 29.3 Å². The molecule has 0 bridgehead atoms. The van der Waals surface area contributed by atoms with E-state index in [-0.39, 0.29) is 30.2 Å². The van der Waals surface area contributed by atoms with Crippen molar-refractivity contribution >= 4 is 17.7 Å². The number of benzene rings is 1. The van der Waals surface area contributed by atoms with Gasteiger partial charge in [-0.25, -0.2) is 0 Å². The van der Waals surface area contributed by atoms with Crippen molar-refractivity contribution in [3.63, 3.8) is 0 Å². The van der Waals surface area contributed by atoms with Gasteiger partial charge in [0, 0.05) is 25.1 Å². The summed E-state index contributed by atoms with van der Waals surface area (Å²) in [5, 5.41) is 0. The van der Waals surface area contributed by atoms with E-state index in [1.807, 2.05) is 6.07 Å². The maximum absolute atomic E-state index is 12.3. The van der Waals surface area contributed by atoms with Crippen molar-refractivity contribution in [2.75, 3.05) is 26.8 Å². The quantitative estimate of drug-likeness (QED) is 0.781. The van der Waals surface area contributed by atoms with Gasteiger partial charge < -0.3 is 14.4 Å². The van der Waals surface area contributed by atoms with Crippen LogP contribution < -0.4 is 4.74 Å². The third-order valence-corrected chi connectivity index (χ3v) is 4.97. The molecule has 6 heteroatoms. The van der Waals surface area contributed by atoms with Crippen LogP contribution in [0.2, 0.25) is 0 Å². The number of amides is 1. The van der Waals surface area contributed by atoms with Gasteiger partial charge in [-0.2, -0.15) is 0 Å². The molecule has 1 fully saturated rings. The highest BCUT2D eigenvalue weighted by atomic mass is 16.5. The number of hydrogen-bond acceptors (Lipinski definition) is 5. The molecule has 2 aliphatic rings. The average molecular weight is 345 g/mol. The first-order valence-electron chi connectivity index (χ1n) is 8.73. The minimum atomic E-state index is -0.202. The molecule has 25 heavy (non-hydrogen) atoms. The number of likely N-dealkylation sites (tertiary alicyclic amines) is 1. The molecule has 0 radical (unpaired) electrons. The van der Waals surface area contributed by atoms with Crippen LogP contribution in [0.15, 0.2) is 18.2 Å².